The van der Waals surface area contributed by atoms with Gasteiger partial charge in [0, 0.05) is 13.0 Å². The second-order valence-electron chi connectivity index (χ2n) is 6.08. The van der Waals surface area contributed by atoms with E-state index < -0.39 is 0 Å². The Balaban J connectivity index is 1.67. The van der Waals surface area contributed by atoms with E-state index in [4.69, 9.17) is 10.5 Å². The first-order valence-electron chi connectivity index (χ1n) is 7.55. The molecule has 1 aromatic rings. The van der Waals surface area contributed by atoms with Gasteiger partial charge in [-0.25, -0.2) is 4.99 Å². The van der Waals surface area contributed by atoms with Gasteiger partial charge in [-0.05, 0) is 48.1 Å². The Morgan fingerprint density at radius 3 is 2.95 bits per heavy atom. The van der Waals surface area contributed by atoms with Crippen molar-refractivity contribution in [3.8, 4) is 0 Å². The predicted octanol–water partition coefficient (Wildman–Crippen LogP) is 2.01. The minimum Gasteiger partial charge on any atom is -0.463 e. The van der Waals surface area contributed by atoms with Gasteiger partial charge in [0.2, 0.25) is 0 Å². The fourth-order valence-electron chi connectivity index (χ4n) is 3.42. The largest absolute Gasteiger partial charge is 0.463 e. The van der Waals surface area contributed by atoms with Gasteiger partial charge < -0.3 is 10.5 Å². The standard InChI is InChI=1S/C17H19N3O/c18-16-20-17(11-21-16)7-6-12-4-5-13(9-14(12)10-17)15-3-1-2-8-19-15/h1,3-5,9H,2,6-8,10-11H2,(H2,18,20). The molecule has 2 heterocycles. The molecule has 0 fully saturated rings. The fraction of sp³-hybridized carbons (Fsp3) is 0.412. The van der Waals surface area contributed by atoms with E-state index in [0.29, 0.717) is 12.6 Å². The summed E-state index contributed by atoms with van der Waals surface area (Å²) in [6.07, 6.45) is 8.33. The zero-order chi connectivity index (χ0) is 14.3. The summed E-state index contributed by atoms with van der Waals surface area (Å²) in [5, 5.41) is 0. The Labute approximate surface area is 124 Å². The van der Waals surface area contributed by atoms with Gasteiger partial charge in [-0.2, -0.15) is 0 Å². The third-order valence-electron chi connectivity index (χ3n) is 4.57. The average Bonchev–Trinajstić information content (AvgIpc) is 2.88. The molecule has 4 rings (SSSR count). The third-order valence-corrected chi connectivity index (χ3v) is 4.57. The van der Waals surface area contributed by atoms with Crippen LogP contribution in [-0.2, 0) is 17.6 Å². The highest BCUT2D eigenvalue weighted by Gasteiger charge is 2.39. The summed E-state index contributed by atoms with van der Waals surface area (Å²) >= 11 is 0. The quantitative estimate of drug-likeness (QED) is 0.856. The normalized spacial score (nSPS) is 27.0. The Hall–Kier alpha value is -2.10. The van der Waals surface area contributed by atoms with Gasteiger partial charge in [-0.3, -0.25) is 4.99 Å². The molecule has 4 heteroatoms. The van der Waals surface area contributed by atoms with Gasteiger partial charge in [0.15, 0.2) is 0 Å². The topological polar surface area (TPSA) is 60.0 Å². The van der Waals surface area contributed by atoms with Crippen LogP contribution in [0.2, 0.25) is 0 Å². The molecule has 1 atom stereocenters. The summed E-state index contributed by atoms with van der Waals surface area (Å²) in [5.41, 5.74) is 10.7. The molecular weight excluding hydrogens is 262 g/mol. The van der Waals surface area contributed by atoms with Crippen LogP contribution in [0.25, 0.3) is 0 Å². The SMILES string of the molecule is NC1=NC2(CCc3ccc(C4=NCCC=C4)cc3C2)CO1. The van der Waals surface area contributed by atoms with Crippen molar-refractivity contribution in [2.24, 2.45) is 15.7 Å². The van der Waals surface area contributed by atoms with E-state index in [0.717, 1.165) is 37.9 Å². The lowest BCUT2D eigenvalue weighted by molar-refractivity contribution is 0.235. The number of hydrogen-bond donors (Lipinski definition) is 1. The van der Waals surface area contributed by atoms with Crippen molar-refractivity contribution in [3.63, 3.8) is 0 Å². The summed E-state index contributed by atoms with van der Waals surface area (Å²) in [6.45, 7) is 1.50. The van der Waals surface area contributed by atoms with Crippen molar-refractivity contribution < 1.29 is 4.74 Å². The number of dihydropyridines is 1. The lowest BCUT2D eigenvalue weighted by Crippen LogP contribution is -2.35. The van der Waals surface area contributed by atoms with E-state index in [1.165, 1.54) is 16.7 Å². The number of benzene rings is 1. The van der Waals surface area contributed by atoms with E-state index in [9.17, 15) is 0 Å². The Morgan fingerprint density at radius 1 is 1.24 bits per heavy atom. The Kier molecular flexibility index (Phi) is 2.84. The number of aliphatic imine (C=N–C) groups is 2. The van der Waals surface area contributed by atoms with Crippen molar-refractivity contribution in [1.82, 2.24) is 0 Å². The number of nitrogens with two attached hydrogens (primary N) is 1. The smallest absolute Gasteiger partial charge is 0.282 e. The van der Waals surface area contributed by atoms with Crippen LogP contribution in [-0.4, -0.2) is 30.4 Å². The molecule has 0 aromatic heterocycles. The minimum atomic E-state index is -0.139. The first-order valence-corrected chi connectivity index (χ1v) is 7.55. The van der Waals surface area contributed by atoms with E-state index >= 15 is 0 Å². The average molecular weight is 281 g/mol. The highest BCUT2D eigenvalue weighted by Crippen LogP contribution is 2.35. The zero-order valence-electron chi connectivity index (χ0n) is 12.0. The van der Waals surface area contributed by atoms with Crippen molar-refractivity contribution >= 4 is 11.7 Å². The first kappa shape index (κ1) is 12.6. The van der Waals surface area contributed by atoms with E-state index in [1.54, 1.807) is 0 Å². The second kappa shape index (κ2) is 4.72. The van der Waals surface area contributed by atoms with Crippen molar-refractivity contribution in [2.45, 2.75) is 31.2 Å². The number of ether oxygens (including phenoxy) is 1. The third kappa shape index (κ3) is 2.24. The van der Waals surface area contributed by atoms with Gasteiger partial charge in [-0.15, -0.1) is 0 Å². The summed E-state index contributed by atoms with van der Waals surface area (Å²) in [4.78, 5) is 9.16. The van der Waals surface area contributed by atoms with Crippen LogP contribution < -0.4 is 5.73 Å². The number of aryl methyl sites for hydroxylation is 1. The summed E-state index contributed by atoms with van der Waals surface area (Å²) < 4.78 is 5.40. The molecule has 1 aliphatic carbocycles. The summed E-state index contributed by atoms with van der Waals surface area (Å²) in [5.74, 6) is 0. The number of allylic oxidation sites excluding steroid dienone is 1. The summed E-state index contributed by atoms with van der Waals surface area (Å²) in [6, 6.07) is 7.04. The van der Waals surface area contributed by atoms with Crippen molar-refractivity contribution in [1.29, 1.82) is 0 Å². The molecule has 1 aromatic carbocycles. The molecule has 108 valence electrons. The molecule has 0 bridgehead atoms. The van der Waals surface area contributed by atoms with Gasteiger partial charge in [0.1, 0.15) is 12.1 Å². The monoisotopic (exact) mass is 281 g/mol. The highest BCUT2D eigenvalue weighted by atomic mass is 16.5. The first-order chi connectivity index (χ1) is 10.2. The Morgan fingerprint density at radius 2 is 2.19 bits per heavy atom. The van der Waals surface area contributed by atoms with Gasteiger partial charge in [-0.1, -0.05) is 18.2 Å². The van der Waals surface area contributed by atoms with Crippen molar-refractivity contribution in [3.05, 3.63) is 47.0 Å². The van der Waals surface area contributed by atoms with Gasteiger partial charge >= 0.3 is 0 Å². The maximum atomic E-state index is 5.71. The molecule has 1 unspecified atom stereocenters. The maximum Gasteiger partial charge on any atom is 0.282 e. The molecule has 0 saturated carbocycles. The van der Waals surface area contributed by atoms with E-state index in [-0.39, 0.29) is 5.54 Å². The maximum absolute atomic E-state index is 5.71. The molecular formula is C17H19N3O. The molecule has 0 saturated heterocycles. The molecule has 3 aliphatic rings. The molecule has 0 radical (unpaired) electrons. The number of rotatable bonds is 1. The summed E-state index contributed by atoms with van der Waals surface area (Å²) in [7, 11) is 0. The Bertz CT molecular complexity index is 675. The zero-order valence-corrected chi connectivity index (χ0v) is 12.0. The van der Waals surface area contributed by atoms with E-state index in [1.807, 2.05) is 0 Å². The molecule has 2 aliphatic heterocycles. The van der Waals surface area contributed by atoms with Gasteiger partial charge in [0.05, 0.1) is 5.71 Å². The molecule has 1 spiro atoms. The molecule has 4 nitrogen and oxygen atoms in total. The number of nitrogens with zero attached hydrogens (tertiary/aromatic N) is 2. The predicted molar refractivity (Wildman–Crippen MR) is 83.9 cm³/mol. The van der Waals surface area contributed by atoms with Crippen molar-refractivity contribution in [2.75, 3.05) is 13.2 Å². The van der Waals surface area contributed by atoms with Crippen LogP contribution in [0, 0.1) is 0 Å². The second-order valence-corrected chi connectivity index (χ2v) is 6.08. The van der Waals surface area contributed by atoms with Crippen LogP contribution in [0.4, 0.5) is 0 Å². The lowest BCUT2D eigenvalue weighted by atomic mass is 9.78. The van der Waals surface area contributed by atoms with Crippen LogP contribution in [0.5, 0.6) is 0 Å². The number of hydrogen-bond acceptors (Lipinski definition) is 4. The minimum absolute atomic E-state index is 0.139. The molecule has 0 amide bonds. The van der Waals surface area contributed by atoms with E-state index in [2.05, 4.69) is 40.3 Å². The molecule has 21 heavy (non-hydrogen) atoms. The highest BCUT2D eigenvalue weighted by molar-refractivity contribution is 6.09. The molecule has 2 N–H and O–H groups in total. The van der Waals surface area contributed by atoms with Crippen LogP contribution in [0.3, 0.4) is 0 Å². The fourth-order valence-corrected chi connectivity index (χ4v) is 3.42. The lowest BCUT2D eigenvalue weighted by Gasteiger charge is -2.30. The van der Waals surface area contributed by atoms with Crippen LogP contribution >= 0.6 is 0 Å². The van der Waals surface area contributed by atoms with Gasteiger partial charge in [0.25, 0.3) is 6.02 Å². The van der Waals surface area contributed by atoms with Crippen LogP contribution in [0.15, 0.2) is 40.3 Å². The number of amidine groups is 1. The van der Waals surface area contributed by atoms with Crippen LogP contribution in [0.1, 0.15) is 29.5 Å². The number of fused-ring (bicyclic) bond motifs is 1.